The summed E-state index contributed by atoms with van der Waals surface area (Å²) in [5.74, 6) is 0.725. The number of rotatable bonds is 2. The lowest BCUT2D eigenvalue weighted by molar-refractivity contribution is 0.366. The van der Waals surface area contributed by atoms with E-state index in [4.69, 9.17) is 11.6 Å². The van der Waals surface area contributed by atoms with E-state index in [0.29, 0.717) is 11.5 Å². The second-order valence-electron chi connectivity index (χ2n) is 6.26. The van der Waals surface area contributed by atoms with Crippen molar-refractivity contribution in [1.82, 2.24) is 0 Å². The molecule has 2 unspecified atom stereocenters. The molecule has 1 fully saturated rings. The van der Waals surface area contributed by atoms with Crippen molar-refractivity contribution >= 4 is 17.3 Å². The number of hydrogen-bond donors (Lipinski definition) is 1. The molecule has 0 spiro atoms. The van der Waals surface area contributed by atoms with Crippen molar-refractivity contribution in [2.75, 3.05) is 5.32 Å². The Morgan fingerprint density at radius 3 is 2.59 bits per heavy atom. The number of hydrogen-bond acceptors (Lipinski definition) is 1. The van der Waals surface area contributed by atoms with Gasteiger partial charge in [0.05, 0.1) is 0 Å². The van der Waals surface area contributed by atoms with Gasteiger partial charge < -0.3 is 5.32 Å². The van der Waals surface area contributed by atoms with Crippen molar-refractivity contribution in [3.63, 3.8) is 0 Å². The van der Waals surface area contributed by atoms with Crippen LogP contribution in [0, 0.1) is 18.3 Å². The number of halogens is 1. The number of benzene rings is 1. The van der Waals surface area contributed by atoms with Gasteiger partial charge in [0.2, 0.25) is 0 Å². The molecule has 0 aliphatic heterocycles. The predicted octanol–water partition coefficient (Wildman–Crippen LogP) is 4.89. The van der Waals surface area contributed by atoms with Gasteiger partial charge in [-0.3, -0.25) is 0 Å². The first-order valence-corrected chi connectivity index (χ1v) is 6.78. The molecule has 0 bridgehead atoms. The Morgan fingerprint density at radius 2 is 2.00 bits per heavy atom. The van der Waals surface area contributed by atoms with Crippen LogP contribution in [0.5, 0.6) is 0 Å². The predicted molar refractivity (Wildman–Crippen MR) is 75.8 cm³/mol. The first-order valence-electron chi connectivity index (χ1n) is 6.40. The van der Waals surface area contributed by atoms with Crippen molar-refractivity contribution in [2.45, 2.75) is 46.6 Å². The zero-order chi connectivity index (χ0) is 12.6. The smallest absolute Gasteiger partial charge is 0.0426 e. The molecule has 1 saturated carbocycles. The van der Waals surface area contributed by atoms with Crippen LogP contribution < -0.4 is 5.32 Å². The van der Waals surface area contributed by atoms with Crippen molar-refractivity contribution in [3.8, 4) is 0 Å². The molecule has 1 aliphatic rings. The lowest BCUT2D eigenvalue weighted by Crippen LogP contribution is -2.22. The molecule has 1 aliphatic carbocycles. The molecule has 0 heterocycles. The average Bonchev–Trinajstić information content (AvgIpc) is 2.46. The highest BCUT2D eigenvalue weighted by atomic mass is 35.5. The molecule has 1 N–H and O–H groups in total. The van der Waals surface area contributed by atoms with Gasteiger partial charge >= 0.3 is 0 Å². The Kier molecular flexibility index (Phi) is 3.40. The first kappa shape index (κ1) is 12.8. The van der Waals surface area contributed by atoms with Crippen molar-refractivity contribution in [2.24, 2.45) is 11.3 Å². The number of anilines is 1. The fourth-order valence-electron chi connectivity index (χ4n) is 3.04. The summed E-state index contributed by atoms with van der Waals surface area (Å²) in [7, 11) is 0. The Bertz CT molecular complexity index is 411. The highest BCUT2D eigenvalue weighted by molar-refractivity contribution is 6.30. The second kappa shape index (κ2) is 4.53. The third-order valence-corrected chi connectivity index (χ3v) is 4.11. The molecule has 1 aromatic carbocycles. The standard InChI is InChI=1S/C15H22ClN/c1-10-5-6-12(16)7-13(10)17-14-9-15(3,4)8-11(14)2/h5-7,11,14,17H,8-9H2,1-4H3. The van der Waals surface area contributed by atoms with E-state index in [1.807, 2.05) is 12.1 Å². The highest BCUT2D eigenvalue weighted by Gasteiger charge is 2.36. The van der Waals surface area contributed by atoms with Crippen molar-refractivity contribution in [1.29, 1.82) is 0 Å². The number of nitrogens with one attached hydrogen (secondary N) is 1. The molecular weight excluding hydrogens is 230 g/mol. The van der Waals surface area contributed by atoms with E-state index < -0.39 is 0 Å². The van der Waals surface area contributed by atoms with Crippen LogP contribution in [0.15, 0.2) is 18.2 Å². The van der Waals surface area contributed by atoms with Crippen LogP contribution in [-0.4, -0.2) is 6.04 Å². The van der Waals surface area contributed by atoms with Crippen molar-refractivity contribution < 1.29 is 0 Å². The third kappa shape index (κ3) is 2.95. The zero-order valence-corrected chi connectivity index (χ0v) is 11.9. The largest absolute Gasteiger partial charge is 0.382 e. The van der Waals surface area contributed by atoms with Gasteiger partial charge in [-0.25, -0.2) is 0 Å². The van der Waals surface area contributed by atoms with Gasteiger partial charge in [-0.05, 0) is 48.8 Å². The van der Waals surface area contributed by atoms with Crippen LogP contribution in [0.4, 0.5) is 5.69 Å². The molecule has 0 saturated heterocycles. The third-order valence-electron chi connectivity index (χ3n) is 3.87. The maximum atomic E-state index is 6.05. The molecule has 17 heavy (non-hydrogen) atoms. The minimum Gasteiger partial charge on any atom is -0.382 e. The van der Waals surface area contributed by atoms with E-state index in [-0.39, 0.29) is 0 Å². The highest BCUT2D eigenvalue weighted by Crippen LogP contribution is 2.42. The van der Waals surface area contributed by atoms with Gasteiger partial charge in [0.25, 0.3) is 0 Å². The Hall–Kier alpha value is -0.690. The summed E-state index contributed by atoms with van der Waals surface area (Å²) >= 11 is 6.05. The van der Waals surface area contributed by atoms with Gasteiger partial charge in [0.15, 0.2) is 0 Å². The van der Waals surface area contributed by atoms with Crippen LogP contribution in [-0.2, 0) is 0 Å². The lowest BCUT2D eigenvalue weighted by atomic mass is 9.91. The second-order valence-corrected chi connectivity index (χ2v) is 6.70. The molecular formula is C15H22ClN. The molecule has 2 rings (SSSR count). The van der Waals surface area contributed by atoms with Gasteiger partial charge in [-0.1, -0.05) is 38.4 Å². The first-order chi connectivity index (χ1) is 7.87. The molecule has 0 aromatic heterocycles. The summed E-state index contributed by atoms with van der Waals surface area (Å²) in [6, 6.07) is 6.64. The van der Waals surface area contributed by atoms with Crippen LogP contribution in [0.25, 0.3) is 0 Å². The fourth-order valence-corrected chi connectivity index (χ4v) is 3.21. The van der Waals surface area contributed by atoms with E-state index >= 15 is 0 Å². The molecule has 2 atom stereocenters. The summed E-state index contributed by atoms with van der Waals surface area (Å²) in [5.41, 5.74) is 2.92. The Balaban J connectivity index is 2.14. The van der Waals surface area contributed by atoms with E-state index in [2.05, 4.69) is 39.1 Å². The van der Waals surface area contributed by atoms with Gasteiger partial charge in [0, 0.05) is 16.8 Å². The van der Waals surface area contributed by atoms with Gasteiger partial charge in [-0.15, -0.1) is 0 Å². The SMILES string of the molecule is Cc1ccc(Cl)cc1NC1CC(C)(C)CC1C. The van der Waals surface area contributed by atoms with Crippen LogP contribution in [0.2, 0.25) is 5.02 Å². The van der Waals surface area contributed by atoms with E-state index in [0.717, 1.165) is 10.9 Å². The minimum absolute atomic E-state index is 0.462. The van der Waals surface area contributed by atoms with Crippen LogP contribution >= 0.6 is 11.6 Å². The normalized spacial score (nSPS) is 27.1. The maximum Gasteiger partial charge on any atom is 0.0426 e. The summed E-state index contributed by atoms with van der Waals surface area (Å²) in [5, 5.41) is 4.48. The van der Waals surface area contributed by atoms with E-state index in [1.54, 1.807) is 0 Å². The monoisotopic (exact) mass is 251 g/mol. The molecule has 1 aromatic rings. The zero-order valence-electron chi connectivity index (χ0n) is 11.2. The fraction of sp³-hybridized carbons (Fsp3) is 0.600. The van der Waals surface area contributed by atoms with Gasteiger partial charge in [0.1, 0.15) is 0 Å². The topological polar surface area (TPSA) is 12.0 Å². The maximum absolute atomic E-state index is 6.05. The Morgan fingerprint density at radius 1 is 1.29 bits per heavy atom. The Labute approximate surface area is 110 Å². The van der Waals surface area contributed by atoms with Crippen LogP contribution in [0.3, 0.4) is 0 Å². The molecule has 0 radical (unpaired) electrons. The summed E-state index contributed by atoms with van der Waals surface area (Å²) < 4.78 is 0. The molecule has 1 nitrogen and oxygen atoms in total. The van der Waals surface area contributed by atoms with Crippen LogP contribution in [0.1, 0.15) is 39.2 Å². The molecule has 94 valence electrons. The summed E-state index contributed by atoms with van der Waals surface area (Å²) in [6.45, 7) is 9.18. The molecule has 2 heteroatoms. The lowest BCUT2D eigenvalue weighted by Gasteiger charge is -2.21. The van der Waals surface area contributed by atoms with E-state index in [9.17, 15) is 0 Å². The minimum atomic E-state index is 0.462. The average molecular weight is 252 g/mol. The quantitative estimate of drug-likeness (QED) is 0.790. The van der Waals surface area contributed by atoms with E-state index in [1.165, 1.54) is 24.1 Å². The van der Waals surface area contributed by atoms with Gasteiger partial charge in [-0.2, -0.15) is 0 Å². The summed E-state index contributed by atoms with van der Waals surface area (Å²) in [4.78, 5) is 0. The molecule has 0 amide bonds. The summed E-state index contributed by atoms with van der Waals surface area (Å²) in [6.07, 6.45) is 2.53. The van der Waals surface area contributed by atoms with Crippen molar-refractivity contribution in [3.05, 3.63) is 28.8 Å². The number of aryl methyl sites for hydroxylation is 1.